The second-order valence-electron chi connectivity index (χ2n) is 2.21. The van der Waals surface area contributed by atoms with Gasteiger partial charge in [-0.05, 0) is 0 Å². The van der Waals surface area contributed by atoms with Gasteiger partial charge in [0.2, 0.25) is 0 Å². The highest BCUT2D eigenvalue weighted by Gasteiger charge is 2.29. The van der Waals surface area contributed by atoms with Crippen molar-refractivity contribution in [2.24, 2.45) is 0 Å². The molecule has 56 valence electrons. The third kappa shape index (κ3) is 0.950. The zero-order valence-corrected chi connectivity index (χ0v) is 5.92. The lowest BCUT2D eigenvalue weighted by atomic mass is 10.6. The van der Waals surface area contributed by atoms with Gasteiger partial charge in [0.15, 0.2) is 0 Å². The molecule has 5 nitrogen and oxygen atoms in total. The van der Waals surface area contributed by atoms with E-state index in [9.17, 15) is 9.59 Å². The van der Waals surface area contributed by atoms with Gasteiger partial charge in [-0.2, -0.15) is 5.01 Å². The minimum Gasteiger partial charge on any atom is -0.327 e. The Morgan fingerprint density at radius 3 is 2.30 bits per heavy atom. The summed E-state index contributed by atoms with van der Waals surface area (Å²) >= 11 is 0. The van der Waals surface area contributed by atoms with Gasteiger partial charge < -0.3 is 5.32 Å². The fourth-order valence-corrected chi connectivity index (χ4v) is 0.819. The van der Waals surface area contributed by atoms with Gasteiger partial charge in [0.1, 0.15) is 6.54 Å². The van der Waals surface area contributed by atoms with Crippen molar-refractivity contribution in [3.63, 3.8) is 0 Å². The molecule has 0 saturated carbocycles. The third-order valence-electron chi connectivity index (χ3n) is 1.22. The van der Waals surface area contributed by atoms with Crippen LogP contribution in [0.5, 0.6) is 0 Å². The third-order valence-corrected chi connectivity index (χ3v) is 1.22. The molecule has 0 unspecified atom stereocenters. The lowest BCUT2D eigenvalue weighted by Crippen LogP contribution is -2.41. The molecule has 3 amide bonds. The molecule has 0 bridgehead atoms. The quantitative estimate of drug-likeness (QED) is 0.480. The first-order valence-corrected chi connectivity index (χ1v) is 2.91. The van der Waals surface area contributed by atoms with Gasteiger partial charge in [-0.25, -0.2) is 9.80 Å². The number of rotatable bonds is 1. The number of hydrogen-bond donors (Lipinski definition) is 1. The van der Waals surface area contributed by atoms with Crippen molar-refractivity contribution in [3.05, 3.63) is 0 Å². The molecular formula is C5H9N3O2. The lowest BCUT2D eigenvalue weighted by Gasteiger charge is -2.19. The molecule has 0 atom stereocenters. The fraction of sp³-hybridized carbons (Fsp3) is 0.600. The summed E-state index contributed by atoms with van der Waals surface area (Å²) in [6.45, 7) is 0.108. The maximum atomic E-state index is 10.8. The predicted octanol–water partition coefficient (Wildman–Crippen LogP) is -0.985. The number of nitrogens with zero attached hydrogens (tertiary/aromatic N) is 2. The monoisotopic (exact) mass is 143 g/mol. The zero-order chi connectivity index (χ0) is 7.72. The molecule has 1 saturated heterocycles. The summed E-state index contributed by atoms with van der Waals surface area (Å²) in [4.78, 5) is 21.6. The van der Waals surface area contributed by atoms with Gasteiger partial charge in [0.05, 0.1) is 0 Å². The van der Waals surface area contributed by atoms with Crippen LogP contribution in [0, 0.1) is 0 Å². The van der Waals surface area contributed by atoms with Gasteiger partial charge in [0, 0.05) is 14.1 Å². The minimum atomic E-state index is -0.352. The standard InChI is InChI=1S/C5H9N3O2/c1-7(2)8-4(9)3-6-5(8)10/h3H2,1-2H3,(H,6,10). The van der Waals surface area contributed by atoms with E-state index in [1.54, 1.807) is 14.1 Å². The topological polar surface area (TPSA) is 52.6 Å². The van der Waals surface area contributed by atoms with Crippen molar-refractivity contribution >= 4 is 11.9 Å². The highest BCUT2D eigenvalue weighted by molar-refractivity contribution is 6.01. The molecule has 10 heavy (non-hydrogen) atoms. The van der Waals surface area contributed by atoms with Crippen LogP contribution in [-0.4, -0.2) is 42.6 Å². The van der Waals surface area contributed by atoms with Crippen LogP contribution in [-0.2, 0) is 4.79 Å². The van der Waals surface area contributed by atoms with Crippen molar-refractivity contribution < 1.29 is 9.59 Å². The van der Waals surface area contributed by atoms with Gasteiger partial charge in [-0.3, -0.25) is 4.79 Å². The van der Waals surface area contributed by atoms with Gasteiger partial charge in [-0.15, -0.1) is 0 Å². The van der Waals surface area contributed by atoms with E-state index in [1.165, 1.54) is 5.01 Å². The average molecular weight is 143 g/mol. The average Bonchev–Trinajstić information content (AvgIpc) is 2.11. The molecular weight excluding hydrogens is 134 g/mol. The van der Waals surface area contributed by atoms with Crippen molar-refractivity contribution in [1.29, 1.82) is 0 Å². The lowest BCUT2D eigenvalue weighted by molar-refractivity contribution is -0.133. The first-order valence-electron chi connectivity index (χ1n) is 2.91. The van der Waals surface area contributed by atoms with Gasteiger partial charge in [-0.1, -0.05) is 0 Å². The first-order chi connectivity index (χ1) is 4.63. The molecule has 1 aliphatic rings. The molecule has 1 rings (SSSR count). The molecule has 0 aromatic rings. The van der Waals surface area contributed by atoms with Crippen molar-refractivity contribution in [2.45, 2.75) is 0 Å². The Labute approximate surface area is 58.6 Å². The van der Waals surface area contributed by atoms with Crippen LogP contribution in [0.25, 0.3) is 0 Å². The summed E-state index contributed by atoms with van der Waals surface area (Å²) in [5.41, 5.74) is 0. The zero-order valence-electron chi connectivity index (χ0n) is 5.92. The maximum absolute atomic E-state index is 10.8. The van der Waals surface area contributed by atoms with E-state index in [4.69, 9.17) is 0 Å². The number of hydrogen-bond acceptors (Lipinski definition) is 3. The fourth-order valence-electron chi connectivity index (χ4n) is 0.819. The van der Waals surface area contributed by atoms with Crippen LogP contribution < -0.4 is 5.32 Å². The van der Waals surface area contributed by atoms with Crippen molar-refractivity contribution in [3.8, 4) is 0 Å². The molecule has 0 aromatic carbocycles. The number of urea groups is 1. The van der Waals surface area contributed by atoms with Crippen LogP contribution >= 0.6 is 0 Å². The molecule has 1 aliphatic heterocycles. The van der Waals surface area contributed by atoms with E-state index in [0.717, 1.165) is 5.01 Å². The van der Waals surface area contributed by atoms with Crippen molar-refractivity contribution in [2.75, 3.05) is 20.6 Å². The maximum Gasteiger partial charge on any atom is 0.339 e. The van der Waals surface area contributed by atoms with E-state index in [1.807, 2.05) is 0 Å². The SMILES string of the molecule is CN(C)N1C(=O)CNC1=O. The molecule has 1 fully saturated rings. The largest absolute Gasteiger partial charge is 0.339 e. The normalized spacial score (nSPS) is 18.5. The Morgan fingerprint density at radius 2 is 2.10 bits per heavy atom. The number of nitrogens with one attached hydrogen (secondary N) is 1. The molecule has 0 radical (unpaired) electrons. The van der Waals surface area contributed by atoms with E-state index >= 15 is 0 Å². The number of hydrazine groups is 1. The second-order valence-corrected chi connectivity index (χ2v) is 2.21. The Bertz CT molecular complexity index is 162. The first kappa shape index (κ1) is 7.01. The molecule has 1 N–H and O–H groups in total. The highest BCUT2D eigenvalue weighted by atomic mass is 16.2. The number of carbonyl (C=O) groups is 2. The van der Waals surface area contributed by atoms with Crippen LogP contribution in [0.4, 0.5) is 4.79 Å². The van der Waals surface area contributed by atoms with E-state index < -0.39 is 0 Å². The summed E-state index contributed by atoms with van der Waals surface area (Å²) in [7, 11) is 3.28. The second kappa shape index (κ2) is 2.26. The Balaban J connectivity index is 2.72. The smallest absolute Gasteiger partial charge is 0.327 e. The van der Waals surface area contributed by atoms with Crippen LogP contribution in [0.1, 0.15) is 0 Å². The van der Waals surface area contributed by atoms with Crippen LogP contribution in [0.3, 0.4) is 0 Å². The molecule has 0 spiro atoms. The number of carbonyl (C=O) groups excluding carboxylic acids is 2. The summed E-state index contributed by atoms with van der Waals surface area (Å²) in [5, 5.41) is 4.90. The highest BCUT2D eigenvalue weighted by Crippen LogP contribution is 1.99. The minimum absolute atomic E-state index is 0.108. The molecule has 1 heterocycles. The van der Waals surface area contributed by atoms with Crippen LogP contribution in [0.15, 0.2) is 0 Å². The Hall–Kier alpha value is -1.10. The predicted molar refractivity (Wildman–Crippen MR) is 33.9 cm³/mol. The summed E-state index contributed by atoms with van der Waals surface area (Å²) < 4.78 is 0. The van der Waals surface area contributed by atoms with E-state index in [2.05, 4.69) is 5.32 Å². The number of amides is 3. The van der Waals surface area contributed by atoms with Gasteiger partial charge in [0.25, 0.3) is 5.91 Å². The molecule has 0 aliphatic carbocycles. The van der Waals surface area contributed by atoms with E-state index in [-0.39, 0.29) is 18.5 Å². The van der Waals surface area contributed by atoms with Crippen molar-refractivity contribution in [1.82, 2.24) is 15.3 Å². The van der Waals surface area contributed by atoms with Crippen LogP contribution in [0.2, 0.25) is 0 Å². The molecule has 0 aromatic heterocycles. The summed E-state index contributed by atoms with van der Waals surface area (Å²) in [6, 6.07) is -0.352. The van der Waals surface area contributed by atoms with Gasteiger partial charge >= 0.3 is 6.03 Å². The summed E-state index contributed by atoms with van der Waals surface area (Å²) in [5.74, 6) is -0.213. The Kier molecular flexibility index (Phi) is 1.58. The number of imide groups is 1. The molecule has 5 heteroatoms. The Morgan fingerprint density at radius 1 is 1.50 bits per heavy atom. The summed E-state index contributed by atoms with van der Waals surface area (Å²) in [6.07, 6.45) is 0. The van der Waals surface area contributed by atoms with E-state index in [0.29, 0.717) is 0 Å².